The van der Waals surface area contributed by atoms with Gasteiger partial charge >= 0.3 is 6.09 Å². The second-order valence-corrected chi connectivity index (χ2v) is 13.4. The molecule has 0 radical (unpaired) electrons. The van der Waals surface area contributed by atoms with Crippen molar-refractivity contribution in [2.24, 2.45) is 0 Å². The zero-order valence-electron chi connectivity index (χ0n) is 24.5. The van der Waals surface area contributed by atoms with Crippen LogP contribution < -0.4 is 10.5 Å². The average Bonchev–Trinajstić information content (AvgIpc) is 3.73. The molecule has 2 fully saturated rings. The number of carbonyl (C=O) groups excluding carboxylic acids is 1. The second-order valence-electron chi connectivity index (χ2n) is 10.9. The lowest BCUT2D eigenvalue weighted by molar-refractivity contribution is 0.0123. The Morgan fingerprint density at radius 1 is 1.10 bits per heavy atom. The number of sulfone groups is 1. The molecule has 1 saturated carbocycles. The number of nitrogen functional groups attached to an aromatic ring is 1. The molecule has 224 valence electrons. The number of nitrogens with zero attached hydrogens (tertiary/aromatic N) is 4. The summed E-state index contributed by atoms with van der Waals surface area (Å²) in [6.45, 7) is 12.9. The zero-order valence-corrected chi connectivity index (χ0v) is 26.1. The molecule has 2 aromatic rings. The molecule has 1 saturated heterocycles. The van der Waals surface area contributed by atoms with Crippen molar-refractivity contribution < 1.29 is 22.7 Å². The number of carbonyl (C=O) groups is 1. The summed E-state index contributed by atoms with van der Waals surface area (Å²) in [7, 11) is -3.17. The summed E-state index contributed by atoms with van der Waals surface area (Å²) in [5.74, 6) is 0.464. The molecule has 3 heterocycles. The van der Waals surface area contributed by atoms with Gasteiger partial charge in [0.2, 0.25) is 5.88 Å². The molecule has 0 aromatic carbocycles. The van der Waals surface area contributed by atoms with E-state index in [1.54, 1.807) is 24.0 Å². The van der Waals surface area contributed by atoms with Crippen LogP contribution in [0.25, 0.3) is 0 Å². The van der Waals surface area contributed by atoms with Gasteiger partial charge in [0.05, 0.1) is 16.6 Å². The number of hydrogen-bond acceptors (Lipinski definition) is 9. The number of aromatic nitrogens is 3. The van der Waals surface area contributed by atoms with E-state index >= 15 is 0 Å². The van der Waals surface area contributed by atoms with E-state index in [4.69, 9.17) is 26.8 Å². The molecule has 0 atom stereocenters. The fourth-order valence-electron chi connectivity index (χ4n) is 3.65. The quantitative estimate of drug-likeness (QED) is 0.396. The highest BCUT2D eigenvalue weighted by molar-refractivity contribution is 7.92. The van der Waals surface area contributed by atoms with Gasteiger partial charge in [0.15, 0.2) is 14.9 Å². The third-order valence-electron chi connectivity index (χ3n) is 6.05. The highest BCUT2D eigenvalue weighted by atomic mass is 35.5. The highest BCUT2D eigenvalue weighted by Gasteiger charge is 2.37. The number of amides is 1. The largest absolute Gasteiger partial charge is 0.474 e. The van der Waals surface area contributed by atoms with Crippen LogP contribution in [-0.4, -0.2) is 64.4 Å². The normalized spacial score (nSPS) is 15.7. The molecule has 10 nitrogen and oxygen atoms in total. The molecular weight excluding hydrogens is 554 g/mol. The molecule has 2 aliphatic rings. The van der Waals surface area contributed by atoms with Gasteiger partial charge in [-0.1, -0.05) is 44.7 Å². The third kappa shape index (κ3) is 11.4. The van der Waals surface area contributed by atoms with Crippen LogP contribution in [0.4, 0.5) is 10.5 Å². The number of rotatable bonds is 6. The topological polar surface area (TPSA) is 138 Å². The van der Waals surface area contributed by atoms with Gasteiger partial charge in [-0.2, -0.15) is 0 Å². The molecule has 4 rings (SSSR count). The van der Waals surface area contributed by atoms with Gasteiger partial charge in [-0.3, -0.25) is 0 Å². The summed E-state index contributed by atoms with van der Waals surface area (Å²) < 4.78 is 34.6. The van der Waals surface area contributed by atoms with Crippen molar-refractivity contribution in [1.82, 2.24) is 19.9 Å². The van der Waals surface area contributed by atoms with Crippen molar-refractivity contribution in [2.75, 3.05) is 18.8 Å². The Kier molecular flexibility index (Phi) is 12.9. The first-order valence-corrected chi connectivity index (χ1v) is 15.8. The van der Waals surface area contributed by atoms with E-state index in [0.717, 1.165) is 25.7 Å². The monoisotopic (exact) mass is 597 g/mol. The van der Waals surface area contributed by atoms with E-state index in [1.165, 1.54) is 31.7 Å². The van der Waals surface area contributed by atoms with E-state index in [2.05, 4.69) is 28.8 Å². The fraction of sp³-hybridized carbons (Fsp3) is 0.643. The average molecular weight is 598 g/mol. The maximum Gasteiger partial charge on any atom is 0.410 e. The van der Waals surface area contributed by atoms with E-state index in [-0.39, 0.29) is 22.5 Å². The van der Waals surface area contributed by atoms with Crippen LogP contribution in [0.15, 0.2) is 29.6 Å². The zero-order chi connectivity index (χ0) is 29.9. The van der Waals surface area contributed by atoms with E-state index < -0.39 is 15.4 Å². The van der Waals surface area contributed by atoms with Gasteiger partial charge < -0.3 is 20.1 Å². The van der Waals surface area contributed by atoms with Crippen molar-refractivity contribution in [1.29, 1.82) is 0 Å². The van der Waals surface area contributed by atoms with Gasteiger partial charge in [-0.15, -0.1) is 0 Å². The highest BCUT2D eigenvalue weighted by Crippen LogP contribution is 2.33. The summed E-state index contributed by atoms with van der Waals surface area (Å²) in [5, 5.41) is 0.302. The molecular formula is C28H44ClN5O5S. The van der Waals surface area contributed by atoms with Crippen LogP contribution >= 0.6 is 11.6 Å². The first-order chi connectivity index (χ1) is 18.8. The molecule has 40 heavy (non-hydrogen) atoms. The van der Waals surface area contributed by atoms with Crippen LogP contribution in [0.5, 0.6) is 5.88 Å². The standard InChI is InChI=1S/C14H20ClN3O3.C9H12N2O2S.C5H12/c1-14(2,3)21-13(19)18-6-4-10(5-7-18)20-12-8-11(15)16-9-17-12;1-6-8(10)4-5-9(11-6)14(12,13)7-2-3-7;1-3-5-4-2/h8-10H,4-7H2,1-3H3;4-5,7H,2-3,10H2,1H3;3-5H2,1-2H3. The van der Waals surface area contributed by atoms with E-state index in [0.29, 0.717) is 35.5 Å². The molecule has 0 unspecified atom stereocenters. The summed E-state index contributed by atoms with van der Waals surface area (Å²) in [6.07, 6.45) is 8.18. The lowest BCUT2D eigenvalue weighted by Crippen LogP contribution is -2.44. The van der Waals surface area contributed by atoms with Crippen molar-refractivity contribution in [3.8, 4) is 5.88 Å². The second kappa shape index (κ2) is 15.4. The predicted octanol–water partition coefficient (Wildman–Crippen LogP) is 6.01. The van der Waals surface area contributed by atoms with E-state index in [9.17, 15) is 13.2 Å². The summed E-state index contributed by atoms with van der Waals surface area (Å²) in [4.78, 5) is 25.5. The summed E-state index contributed by atoms with van der Waals surface area (Å²) in [5.41, 5.74) is 6.20. The minimum atomic E-state index is -3.17. The Balaban J connectivity index is 0.000000253. The Bertz CT molecular complexity index is 1190. The molecule has 2 aromatic heterocycles. The number of pyridine rings is 1. The maximum atomic E-state index is 11.9. The lowest BCUT2D eigenvalue weighted by Gasteiger charge is -2.33. The number of aryl methyl sites for hydroxylation is 1. The molecule has 12 heteroatoms. The number of ether oxygens (including phenoxy) is 2. The predicted molar refractivity (Wildman–Crippen MR) is 157 cm³/mol. The first kappa shape index (κ1) is 33.5. The van der Waals surface area contributed by atoms with Crippen LogP contribution in [0.1, 0.15) is 85.3 Å². The molecule has 2 N–H and O–H groups in total. The van der Waals surface area contributed by atoms with Gasteiger partial charge in [-0.25, -0.2) is 28.2 Å². The van der Waals surface area contributed by atoms with Gasteiger partial charge in [0.25, 0.3) is 0 Å². The molecule has 1 aliphatic carbocycles. The molecule has 0 bridgehead atoms. The van der Waals surface area contributed by atoms with Crippen LogP contribution in [0, 0.1) is 6.92 Å². The van der Waals surface area contributed by atoms with Gasteiger partial charge in [-0.05, 0) is 52.7 Å². The Hall–Kier alpha value is -2.66. The number of likely N-dealkylation sites (tertiary alicyclic amines) is 1. The number of piperidine rings is 1. The van der Waals surface area contributed by atoms with Crippen molar-refractivity contribution >= 4 is 33.2 Å². The maximum absolute atomic E-state index is 11.9. The summed E-state index contributed by atoms with van der Waals surface area (Å²) >= 11 is 5.79. The number of halogens is 1. The Morgan fingerprint density at radius 2 is 1.73 bits per heavy atom. The molecule has 0 spiro atoms. The van der Waals surface area contributed by atoms with E-state index in [1.807, 2.05) is 20.8 Å². The number of nitrogens with two attached hydrogens (primary N) is 1. The fourth-order valence-corrected chi connectivity index (χ4v) is 5.40. The Labute approximate surface area is 243 Å². The summed E-state index contributed by atoms with van der Waals surface area (Å²) in [6, 6.07) is 4.66. The third-order valence-corrected chi connectivity index (χ3v) is 8.42. The first-order valence-electron chi connectivity index (χ1n) is 13.9. The van der Waals surface area contributed by atoms with Crippen molar-refractivity contribution in [2.45, 2.75) is 108 Å². The molecule has 1 amide bonds. The number of anilines is 1. The number of hydrogen-bond donors (Lipinski definition) is 1. The van der Waals surface area contributed by atoms with Crippen LogP contribution in [0.2, 0.25) is 5.15 Å². The van der Waals surface area contributed by atoms with Gasteiger partial charge in [0, 0.05) is 32.0 Å². The van der Waals surface area contributed by atoms with Crippen LogP contribution in [0.3, 0.4) is 0 Å². The number of unbranched alkanes of at least 4 members (excludes halogenated alkanes) is 2. The molecule has 1 aliphatic heterocycles. The Morgan fingerprint density at radius 3 is 2.20 bits per heavy atom. The van der Waals surface area contributed by atoms with Crippen molar-refractivity contribution in [3.05, 3.63) is 35.4 Å². The minimum Gasteiger partial charge on any atom is -0.474 e. The SMILES string of the molecule is CC(C)(C)OC(=O)N1CCC(Oc2cc(Cl)ncn2)CC1.CCCCC.Cc1nc(S(=O)(=O)C2CC2)ccc1N. The van der Waals surface area contributed by atoms with Crippen LogP contribution in [-0.2, 0) is 14.6 Å². The van der Waals surface area contributed by atoms with Crippen molar-refractivity contribution in [3.63, 3.8) is 0 Å². The smallest absolute Gasteiger partial charge is 0.410 e. The lowest BCUT2D eigenvalue weighted by atomic mass is 10.1. The van der Waals surface area contributed by atoms with Gasteiger partial charge in [0.1, 0.15) is 23.2 Å². The minimum absolute atomic E-state index is 0.0228.